The van der Waals surface area contributed by atoms with Crippen LogP contribution in [0.5, 0.6) is 0 Å². The number of imide groups is 1. The topological polar surface area (TPSA) is 125 Å². The molecule has 0 aromatic carbocycles. The summed E-state index contributed by atoms with van der Waals surface area (Å²) in [5.41, 5.74) is 6.72. The van der Waals surface area contributed by atoms with E-state index >= 15 is 0 Å². The highest BCUT2D eigenvalue weighted by atomic mass is 16.2. The van der Waals surface area contributed by atoms with Gasteiger partial charge in [0.1, 0.15) is 5.54 Å². The number of urea groups is 1. The van der Waals surface area contributed by atoms with Crippen molar-refractivity contribution >= 4 is 23.8 Å². The molecule has 1 aromatic rings. The lowest BCUT2D eigenvalue weighted by atomic mass is 10.1. The third kappa shape index (κ3) is 5.58. The molecule has 10 heteroatoms. The second-order valence-electron chi connectivity index (χ2n) is 8.58. The van der Waals surface area contributed by atoms with Gasteiger partial charge in [-0.1, -0.05) is 13.8 Å². The number of carbonyl (C=O) groups excluding carboxylic acids is 4. The zero-order valence-electron chi connectivity index (χ0n) is 18.6. The number of aryl methyl sites for hydroxylation is 1. The van der Waals surface area contributed by atoms with Crippen molar-refractivity contribution in [1.82, 2.24) is 30.8 Å². The van der Waals surface area contributed by atoms with Crippen LogP contribution >= 0.6 is 0 Å². The number of hydrogen-bond acceptors (Lipinski definition) is 5. The fourth-order valence-corrected chi connectivity index (χ4v) is 3.36. The lowest BCUT2D eigenvalue weighted by molar-refractivity contribution is -0.132. The summed E-state index contributed by atoms with van der Waals surface area (Å²) in [7, 11) is 0. The van der Waals surface area contributed by atoms with Crippen LogP contribution in [0, 0.1) is 19.8 Å². The minimum atomic E-state index is -0.971. The van der Waals surface area contributed by atoms with Gasteiger partial charge in [-0.15, -0.1) is 0 Å². The maximum Gasteiger partial charge on any atom is 0.325 e. The van der Waals surface area contributed by atoms with Gasteiger partial charge in [0.15, 0.2) is 0 Å². The Morgan fingerprint density at radius 1 is 1.10 bits per heavy atom. The first-order valence-corrected chi connectivity index (χ1v) is 10.2. The molecule has 5 amide bonds. The second-order valence-corrected chi connectivity index (χ2v) is 8.58. The molecule has 0 bridgehead atoms. The first kappa shape index (κ1) is 23.4. The van der Waals surface area contributed by atoms with E-state index in [1.807, 2.05) is 18.5 Å². The summed E-state index contributed by atoms with van der Waals surface area (Å²) in [6, 6.07) is -0.523. The molecule has 0 unspecified atom stereocenters. The Hall–Kier alpha value is -2.91. The molecule has 1 aliphatic heterocycles. The van der Waals surface area contributed by atoms with Crippen LogP contribution in [-0.2, 0) is 27.3 Å². The van der Waals surface area contributed by atoms with Crippen molar-refractivity contribution in [2.24, 2.45) is 5.92 Å². The first-order chi connectivity index (χ1) is 13.9. The highest BCUT2D eigenvalue weighted by molar-refractivity contribution is 6.06. The minimum absolute atomic E-state index is 0.0524. The smallest absolute Gasteiger partial charge is 0.324 e. The van der Waals surface area contributed by atoms with E-state index in [9.17, 15) is 19.2 Å². The van der Waals surface area contributed by atoms with Crippen molar-refractivity contribution in [3.63, 3.8) is 0 Å². The van der Waals surface area contributed by atoms with Crippen LogP contribution in [0.25, 0.3) is 0 Å². The molecule has 1 aromatic heterocycles. The molecule has 0 spiro atoms. The highest BCUT2D eigenvalue weighted by Crippen LogP contribution is 2.17. The molecule has 1 aliphatic rings. The van der Waals surface area contributed by atoms with Crippen LogP contribution < -0.4 is 16.2 Å². The summed E-state index contributed by atoms with van der Waals surface area (Å²) in [6.07, 6.45) is 0.626. The molecule has 0 saturated carbocycles. The summed E-state index contributed by atoms with van der Waals surface area (Å²) in [5, 5.41) is 7.09. The zero-order chi connectivity index (χ0) is 22.6. The molecule has 3 N–H and O–H groups in total. The predicted octanol–water partition coefficient (Wildman–Crippen LogP) is 0.956. The van der Waals surface area contributed by atoms with Crippen molar-refractivity contribution in [2.75, 3.05) is 6.54 Å². The van der Waals surface area contributed by atoms with Crippen molar-refractivity contribution in [2.45, 2.75) is 72.9 Å². The maximum atomic E-state index is 12.1. The molecule has 1 saturated heterocycles. The first-order valence-electron chi connectivity index (χ1n) is 10.2. The summed E-state index contributed by atoms with van der Waals surface area (Å²) in [5.74, 6) is -0.712. The van der Waals surface area contributed by atoms with Gasteiger partial charge < -0.3 is 5.32 Å². The largest absolute Gasteiger partial charge is 0.325 e. The third-order valence-corrected chi connectivity index (χ3v) is 5.02. The van der Waals surface area contributed by atoms with Gasteiger partial charge in [0, 0.05) is 31.6 Å². The maximum absolute atomic E-state index is 12.1. The third-order valence-electron chi connectivity index (χ3n) is 5.02. The normalized spacial score (nSPS) is 15.5. The molecular weight excluding hydrogens is 388 g/mol. The number of nitrogens with zero attached hydrogens (tertiary/aromatic N) is 3. The molecule has 2 rings (SSSR count). The molecule has 0 aliphatic carbocycles. The molecule has 0 radical (unpaired) electrons. The van der Waals surface area contributed by atoms with Gasteiger partial charge in [-0.25, -0.2) is 4.79 Å². The van der Waals surface area contributed by atoms with Crippen LogP contribution in [-0.4, -0.2) is 50.5 Å². The number of aromatic nitrogens is 2. The van der Waals surface area contributed by atoms with Crippen LogP contribution in [0.2, 0.25) is 0 Å². The number of rotatable bonds is 8. The van der Waals surface area contributed by atoms with Gasteiger partial charge in [0.05, 0.1) is 5.69 Å². The molecule has 1 fully saturated rings. The van der Waals surface area contributed by atoms with Crippen LogP contribution in [0.1, 0.15) is 57.5 Å². The Labute approximate surface area is 176 Å². The predicted molar refractivity (Wildman–Crippen MR) is 110 cm³/mol. The van der Waals surface area contributed by atoms with Gasteiger partial charge in [-0.2, -0.15) is 5.10 Å². The van der Waals surface area contributed by atoms with Crippen molar-refractivity contribution in [3.8, 4) is 0 Å². The lowest BCUT2D eigenvalue weighted by Crippen LogP contribution is -2.44. The van der Waals surface area contributed by atoms with Crippen molar-refractivity contribution in [1.29, 1.82) is 0 Å². The van der Waals surface area contributed by atoms with Gasteiger partial charge in [0.25, 0.3) is 5.91 Å². The van der Waals surface area contributed by atoms with E-state index < -0.39 is 17.5 Å². The van der Waals surface area contributed by atoms with Gasteiger partial charge in [-0.3, -0.25) is 34.8 Å². The number of carbonyl (C=O) groups is 4. The second kappa shape index (κ2) is 9.27. The number of hydrazine groups is 1. The van der Waals surface area contributed by atoms with E-state index in [0.717, 1.165) is 28.4 Å². The standard InChI is InChI=1S/C20H32N6O4/c1-12(2)11-26-14(4)15(13(3)24-26)7-8-16(27)22-23-17(28)9-10-25-18(29)20(5,6)21-19(25)30/h12H,7-11H2,1-6H3,(H,21,30)(H,22,27)(H,23,28). The molecule has 30 heavy (non-hydrogen) atoms. The van der Waals surface area contributed by atoms with Crippen molar-refractivity contribution in [3.05, 3.63) is 17.0 Å². The van der Waals surface area contributed by atoms with E-state index in [1.54, 1.807) is 13.8 Å². The van der Waals surface area contributed by atoms with E-state index in [4.69, 9.17) is 0 Å². The summed E-state index contributed by atoms with van der Waals surface area (Å²) in [6.45, 7) is 12.1. The molecule has 166 valence electrons. The Morgan fingerprint density at radius 3 is 2.23 bits per heavy atom. The minimum Gasteiger partial charge on any atom is -0.324 e. The van der Waals surface area contributed by atoms with E-state index in [-0.39, 0.29) is 31.2 Å². The summed E-state index contributed by atoms with van der Waals surface area (Å²) in [4.78, 5) is 48.9. The number of hydrogen-bond donors (Lipinski definition) is 3. The zero-order valence-corrected chi connectivity index (χ0v) is 18.6. The molecule has 2 heterocycles. The molecule has 10 nitrogen and oxygen atoms in total. The van der Waals surface area contributed by atoms with E-state index in [1.165, 1.54) is 0 Å². The Balaban J connectivity index is 1.76. The van der Waals surface area contributed by atoms with Crippen LogP contribution in [0.3, 0.4) is 0 Å². The van der Waals surface area contributed by atoms with Crippen molar-refractivity contribution < 1.29 is 19.2 Å². The molecule has 0 atom stereocenters. The van der Waals surface area contributed by atoms with E-state index in [0.29, 0.717) is 12.3 Å². The monoisotopic (exact) mass is 420 g/mol. The lowest BCUT2D eigenvalue weighted by Gasteiger charge is -2.15. The average molecular weight is 421 g/mol. The van der Waals surface area contributed by atoms with Gasteiger partial charge >= 0.3 is 6.03 Å². The number of amides is 5. The van der Waals surface area contributed by atoms with E-state index in [2.05, 4.69) is 35.1 Å². The molecular formula is C20H32N6O4. The highest BCUT2D eigenvalue weighted by Gasteiger charge is 2.43. The Bertz CT molecular complexity index is 843. The van der Waals surface area contributed by atoms with Crippen LogP contribution in [0.4, 0.5) is 4.79 Å². The SMILES string of the molecule is Cc1nn(CC(C)C)c(C)c1CCC(=O)NNC(=O)CCN1C(=O)NC(C)(C)C1=O. The number of nitrogens with one attached hydrogen (secondary N) is 3. The summed E-state index contributed by atoms with van der Waals surface area (Å²) < 4.78 is 1.96. The summed E-state index contributed by atoms with van der Waals surface area (Å²) >= 11 is 0. The fourth-order valence-electron chi connectivity index (χ4n) is 3.36. The van der Waals surface area contributed by atoms with Gasteiger partial charge in [0.2, 0.25) is 11.8 Å². The van der Waals surface area contributed by atoms with Crippen LogP contribution in [0.15, 0.2) is 0 Å². The van der Waals surface area contributed by atoms with Gasteiger partial charge in [-0.05, 0) is 45.6 Å². The Kier molecular flexibility index (Phi) is 7.22. The Morgan fingerprint density at radius 2 is 1.70 bits per heavy atom. The quantitative estimate of drug-likeness (QED) is 0.427. The fraction of sp³-hybridized carbons (Fsp3) is 0.650. The average Bonchev–Trinajstić information content (AvgIpc) is 3.00.